The monoisotopic (exact) mass is 165 g/mol. The predicted molar refractivity (Wildman–Crippen MR) is 47.2 cm³/mol. The second-order valence-electron chi connectivity index (χ2n) is 2.73. The summed E-state index contributed by atoms with van der Waals surface area (Å²) in [4.78, 5) is 10.2. The lowest BCUT2D eigenvalue weighted by Crippen LogP contribution is -1.92. The van der Waals surface area contributed by atoms with Gasteiger partial charge in [-0.25, -0.2) is 0 Å². The van der Waals surface area contributed by atoms with Crippen molar-refractivity contribution in [1.82, 2.24) is 0 Å². The molecule has 1 aromatic carbocycles. The molecule has 0 aromatic heterocycles. The molecule has 0 saturated carbocycles. The number of hydrogen-bond donors (Lipinski definition) is 0. The summed E-state index contributed by atoms with van der Waals surface area (Å²) < 4.78 is 0. The third-order valence-electron chi connectivity index (χ3n) is 1.88. The van der Waals surface area contributed by atoms with Crippen LogP contribution < -0.4 is 0 Å². The normalized spacial score (nSPS) is 9.83. The van der Waals surface area contributed by atoms with Gasteiger partial charge in [0.2, 0.25) is 0 Å². The molecule has 0 saturated heterocycles. The molecular weight excluding hydrogens is 154 g/mol. The minimum atomic E-state index is -0.339. The lowest BCUT2D eigenvalue weighted by molar-refractivity contribution is -0.385. The largest absolute Gasteiger partial charge is 0.272 e. The molecule has 3 heteroatoms. The predicted octanol–water partition coefficient (Wildman–Crippen LogP) is 2.47. The molecule has 3 nitrogen and oxygen atoms in total. The van der Waals surface area contributed by atoms with Crippen LogP contribution in [0.25, 0.3) is 0 Å². The molecule has 0 aliphatic carbocycles. The molecule has 0 atom stereocenters. The van der Waals surface area contributed by atoms with Crippen molar-refractivity contribution >= 4 is 5.69 Å². The van der Waals surface area contributed by atoms with Crippen molar-refractivity contribution in [3.63, 3.8) is 0 Å². The van der Waals surface area contributed by atoms with Crippen molar-refractivity contribution < 1.29 is 4.92 Å². The number of nitrogens with zero attached hydrogens (tertiary/aromatic N) is 1. The second kappa shape index (κ2) is 3.34. The molecular formula is C9H11NO2. The molecule has 0 bridgehead atoms. The van der Waals surface area contributed by atoms with E-state index in [1.54, 1.807) is 19.1 Å². The van der Waals surface area contributed by atoms with Gasteiger partial charge in [0.1, 0.15) is 0 Å². The maximum atomic E-state index is 10.5. The zero-order valence-corrected chi connectivity index (χ0v) is 7.20. The van der Waals surface area contributed by atoms with Crippen LogP contribution in [0.2, 0.25) is 0 Å². The summed E-state index contributed by atoms with van der Waals surface area (Å²) in [6.07, 6.45) is 0.834. The van der Waals surface area contributed by atoms with Gasteiger partial charge in [-0.1, -0.05) is 19.1 Å². The molecule has 0 aliphatic heterocycles. The average molecular weight is 165 g/mol. The molecule has 0 amide bonds. The molecule has 0 radical (unpaired) electrons. The van der Waals surface area contributed by atoms with Crippen LogP contribution in [-0.4, -0.2) is 4.92 Å². The number of nitro benzene ring substituents is 1. The van der Waals surface area contributed by atoms with E-state index in [0.29, 0.717) is 0 Å². The highest BCUT2D eigenvalue weighted by Gasteiger charge is 2.09. The minimum absolute atomic E-state index is 0.217. The van der Waals surface area contributed by atoms with Crippen molar-refractivity contribution in [1.29, 1.82) is 0 Å². The van der Waals surface area contributed by atoms with Crippen LogP contribution in [0.1, 0.15) is 18.1 Å². The zero-order chi connectivity index (χ0) is 9.14. The molecule has 0 aliphatic rings. The Morgan fingerprint density at radius 1 is 1.50 bits per heavy atom. The Morgan fingerprint density at radius 2 is 2.17 bits per heavy atom. The first-order chi connectivity index (χ1) is 5.65. The van der Waals surface area contributed by atoms with Gasteiger partial charge in [0, 0.05) is 11.6 Å². The van der Waals surface area contributed by atoms with Gasteiger partial charge in [-0.15, -0.1) is 0 Å². The topological polar surface area (TPSA) is 43.1 Å². The van der Waals surface area contributed by atoms with Crippen molar-refractivity contribution in [2.45, 2.75) is 20.3 Å². The summed E-state index contributed by atoms with van der Waals surface area (Å²) in [6.45, 7) is 3.73. The Bertz CT molecular complexity index is 307. The van der Waals surface area contributed by atoms with Crippen molar-refractivity contribution in [3.05, 3.63) is 39.4 Å². The number of hydrogen-bond acceptors (Lipinski definition) is 2. The van der Waals surface area contributed by atoms with Crippen LogP contribution in [0.5, 0.6) is 0 Å². The first-order valence-electron chi connectivity index (χ1n) is 3.89. The van der Waals surface area contributed by atoms with Gasteiger partial charge in [0.05, 0.1) is 4.92 Å². The third-order valence-corrected chi connectivity index (χ3v) is 1.88. The van der Waals surface area contributed by atoms with Gasteiger partial charge >= 0.3 is 0 Å². The fourth-order valence-electron chi connectivity index (χ4n) is 1.07. The van der Waals surface area contributed by atoms with E-state index in [9.17, 15) is 10.1 Å². The number of aryl methyl sites for hydroxylation is 2. The molecule has 0 heterocycles. The summed E-state index contributed by atoms with van der Waals surface area (Å²) in [7, 11) is 0. The van der Waals surface area contributed by atoms with Crippen LogP contribution >= 0.6 is 0 Å². The Labute approximate surface area is 71.2 Å². The van der Waals surface area contributed by atoms with Crippen LogP contribution in [0.3, 0.4) is 0 Å². The highest BCUT2D eigenvalue weighted by Crippen LogP contribution is 2.19. The second-order valence-corrected chi connectivity index (χ2v) is 2.73. The van der Waals surface area contributed by atoms with E-state index < -0.39 is 0 Å². The lowest BCUT2D eigenvalue weighted by atomic mass is 10.1. The van der Waals surface area contributed by atoms with Gasteiger partial charge < -0.3 is 0 Å². The van der Waals surface area contributed by atoms with Gasteiger partial charge in [-0.3, -0.25) is 10.1 Å². The van der Waals surface area contributed by atoms with E-state index in [1.165, 1.54) is 0 Å². The lowest BCUT2D eigenvalue weighted by Gasteiger charge is -1.99. The maximum Gasteiger partial charge on any atom is 0.272 e. The Kier molecular flexibility index (Phi) is 2.43. The summed E-state index contributed by atoms with van der Waals surface area (Å²) in [5, 5.41) is 10.5. The summed E-state index contributed by atoms with van der Waals surface area (Å²) in [6, 6.07) is 5.34. The standard InChI is InChI=1S/C9H11NO2/c1-3-8-5-4-7(2)9(6-8)10(11)12/h4-6H,3H2,1-2H3. The average Bonchev–Trinajstić information content (AvgIpc) is 2.05. The zero-order valence-electron chi connectivity index (χ0n) is 7.20. The van der Waals surface area contributed by atoms with Crippen molar-refractivity contribution in [2.75, 3.05) is 0 Å². The van der Waals surface area contributed by atoms with E-state index in [0.717, 1.165) is 17.5 Å². The van der Waals surface area contributed by atoms with Gasteiger partial charge in [-0.05, 0) is 18.9 Å². The fourth-order valence-corrected chi connectivity index (χ4v) is 1.07. The smallest absolute Gasteiger partial charge is 0.258 e. The molecule has 64 valence electrons. The first kappa shape index (κ1) is 8.71. The van der Waals surface area contributed by atoms with Crippen LogP contribution in [0, 0.1) is 17.0 Å². The van der Waals surface area contributed by atoms with Crippen LogP contribution in [0.15, 0.2) is 18.2 Å². The van der Waals surface area contributed by atoms with Crippen LogP contribution in [-0.2, 0) is 6.42 Å². The Hall–Kier alpha value is -1.38. The molecule has 0 unspecified atom stereocenters. The van der Waals surface area contributed by atoms with Crippen molar-refractivity contribution in [2.24, 2.45) is 0 Å². The number of nitro groups is 1. The number of benzene rings is 1. The highest BCUT2D eigenvalue weighted by molar-refractivity contribution is 5.42. The SMILES string of the molecule is CCc1ccc(C)c([N+](=O)[O-])c1. The molecule has 12 heavy (non-hydrogen) atoms. The molecule has 0 N–H and O–H groups in total. The molecule has 1 aromatic rings. The maximum absolute atomic E-state index is 10.5. The van der Waals surface area contributed by atoms with Gasteiger partial charge in [0.25, 0.3) is 5.69 Å². The Balaban J connectivity index is 3.17. The van der Waals surface area contributed by atoms with E-state index in [1.807, 2.05) is 13.0 Å². The van der Waals surface area contributed by atoms with Crippen molar-refractivity contribution in [3.8, 4) is 0 Å². The molecule has 0 spiro atoms. The fraction of sp³-hybridized carbons (Fsp3) is 0.333. The number of rotatable bonds is 2. The summed E-state index contributed by atoms with van der Waals surface area (Å²) >= 11 is 0. The molecule has 0 fully saturated rings. The quantitative estimate of drug-likeness (QED) is 0.499. The van der Waals surface area contributed by atoms with E-state index in [-0.39, 0.29) is 10.6 Å². The van der Waals surface area contributed by atoms with Crippen LogP contribution in [0.4, 0.5) is 5.69 Å². The van der Waals surface area contributed by atoms with Gasteiger partial charge in [0.15, 0.2) is 0 Å². The summed E-state index contributed by atoms with van der Waals surface area (Å²) in [5.41, 5.74) is 1.94. The highest BCUT2D eigenvalue weighted by atomic mass is 16.6. The minimum Gasteiger partial charge on any atom is -0.258 e. The summed E-state index contributed by atoms with van der Waals surface area (Å²) in [5.74, 6) is 0. The molecule has 1 rings (SSSR count). The van der Waals surface area contributed by atoms with E-state index in [2.05, 4.69) is 0 Å². The van der Waals surface area contributed by atoms with E-state index in [4.69, 9.17) is 0 Å². The first-order valence-corrected chi connectivity index (χ1v) is 3.89. The van der Waals surface area contributed by atoms with E-state index >= 15 is 0 Å². The Morgan fingerprint density at radius 3 is 2.67 bits per heavy atom. The third kappa shape index (κ3) is 1.61. The van der Waals surface area contributed by atoms with Gasteiger partial charge in [-0.2, -0.15) is 0 Å².